The Labute approximate surface area is 130 Å². The van der Waals surface area contributed by atoms with Crippen LogP contribution in [0.25, 0.3) is 0 Å². The Morgan fingerprint density at radius 3 is 2.67 bits per heavy atom. The summed E-state index contributed by atoms with van der Waals surface area (Å²) in [4.78, 5) is 1.16. The van der Waals surface area contributed by atoms with Crippen LogP contribution in [0.4, 0.5) is 0 Å². The summed E-state index contributed by atoms with van der Waals surface area (Å²) in [5.41, 5.74) is 0.770. The van der Waals surface area contributed by atoms with Crippen LogP contribution in [0.5, 0.6) is 0 Å². The molecule has 0 amide bonds. The van der Waals surface area contributed by atoms with Gasteiger partial charge >= 0.3 is 0 Å². The van der Waals surface area contributed by atoms with E-state index in [1.807, 2.05) is 42.3 Å². The highest BCUT2D eigenvalue weighted by atomic mass is 32.2. The molecule has 1 atom stereocenters. The van der Waals surface area contributed by atoms with Crippen molar-refractivity contribution in [2.45, 2.75) is 23.8 Å². The lowest BCUT2D eigenvalue weighted by molar-refractivity contribution is 0.158. The van der Waals surface area contributed by atoms with Gasteiger partial charge in [0.25, 0.3) is 0 Å². The van der Waals surface area contributed by atoms with Gasteiger partial charge in [-0.05, 0) is 18.5 Å². The fourth-order valence-corrected chi connectivity index (χ4v) is 3.51. The van der Waals surface area contributed by atoms with E-state index >= 15 is 0 Å². The van der Waals surface area contributed by atoms with E-state index in [-0.39, 0.29) is 12.1 Å². The molecule has 5 heteroatoms. The molecule has 0 aliphatic carbocycles. The molecule has 0 saturated heterocycles. The zero-order valence-corrected chi connectivity index (χ0v) is 13.4. The van der Waals surface area contributed by atoms with Crippen LogP contribution in [0.1, 0.15) is 18.9 Å². The highest BCUT2D eigenvalue weighted by Gasteiger charge is 2.29. The summed E-state index contributed by atoms with van der Waals surface area (Å²) < 4.78 is 1.81. The molecule has 0 saturated carbocycles. The minimum atomic E-state index is -0.370. The second-order valence-electron chi connectivity index (χ2n) is 5.08. The van der Waals surface area contributed by atoms with Crippen molar-refractivity contribution in [2.75, 3.05) is 18.9 Å². The van der Waals surface area contributed by atoms with Crippen molar-refractivity contribution in [3.63, 3.8) is 0 Å². The molecule has 0 fully saturated rings. The van der Waals surface area contributed by atoms with Crippen LogP contribution < -0.4 is 5.32 Å². The van der Waals surface area contributed by atoms with Crippen molar-refractivity contribution in [2.24, 2.45) is 7.05 Å². The van der Waals surface area contributed by atoms with Gasteiger partial charge in [0.15, 0.2) is 0 Å². The molecule has 0 bridgehead atoms. The van der Waals surface area contributed by atoms with E-state index in [0.29, 0.717) is 0 Å². The molecule has 2 N–H and O–H groups in total. The molecule has 0 aliphatic heterocycles. The first-order valence-corrected chi connectivity index (χ1v) is 8.21. The summed E-state index contributed by atoms with van der Waals surface area (Å²) in [6.07, 6.45) is 4.75. The summed E-state index contributed by atoms with van der Waals surface area (Å²) in [7, 11) is 1.92. The first kappa shape index (κ1) is 16.1. The fraction of sp³-hybridized carbons (Fsp3) is 0.438. The van der Waals surface area contributed by atoms with Gasteiger partial charge in [0, 0.05) is 23.9 Å². The van der Waals surface area contributed by atoms with Crippen molar-refractivity contribution in [3.8, 4) is 0 Å². The Hall–Kier alpha value is -1.30. The van der Waals surface area contributed by atoms with Crippen molar-refractivity contribution in [1.82, 2.24) is 15.1 Å². The lowest BCUT2D eigenvalue weighted by Gasteiger charge is -2.33. The zero-order chi connectivity index (χ0) is 15.1. The van der Waals surface area contributed by atoms with E-state index in [1.165, 1.54) is 0 Å². The Morgan fingerprint density at radius 2 is 2.10 bits per heavy atom. The third kappa shape index (κ3) is 4.09. The van der Waals surface area contributed by atoms with Crippen LogP contribution in [0.2, 0.25) is 0 Å². The quantitative estimate of drug-likeness (QED) is 0.735. The van der Waals surface area contributed by atoms with Gasteiger partial charge in [-0.2, -0.15) is 5.10 Å². The number of hydrogen-bond acceptors (Lipinski definition) is 4. The Morgan fingerprint density at radius 1 is 1.33 bits per heavy atom. The van der Waals surface area contributed by atoms with Gasteiger partial charge < -0.3 is 10.4 Å². The van der Waals surface area contributed by atoms with Crippen molar-refractivity contribution in [3.05, 3.63) is 48.3 Å². The number of aliphatic hydroxyl groups is 1. The van der Waals surface area contributed by atoms with E-state index in [1.54, 1.807) is 11.8 Å². The third-order valence-electron chi connectivity index (χ3n) is 3.59. The molecular weight excluding hydrogens is 282 g/mol. The molecule has 2 aromatic rings. The standard InChI is InChI=1S/C16H23N3OS/c1-3-17-16(13-20,14-7-5-4-6-8-14)9-10-21-15-11-18-19(2)12-15/h4-8,11-12,17,20H,3,9-10,13H2,1-2H3. The SMILES string of the molecule is CCNC(CO)(CCSc1cnn(C)c1)c1ccccc1. The minimum absolute atomic E-state index is 0.0957. The maximum absolute atomic E-state index is 9.97. The molecule has 1 aromatic carbocycles. The average Bonchev–Trinajstić information content (AvgIpc) is 2.93. The number of nitrogens with zero attached hydrogens (tertiary/aromatic N) is 2. The van der Waals surface area contributed by atoms with Crippen molar-refractivity contribution < 1.29 is 5.11 Å². The highest BCUT2D eigenvalue weighted by molar-refractivity contribution is 7.99. The Bertz CT molecular complexity index is 543. The lowest BCUT2D eigenvalue weighted by atomic mass is 9.88. The number of benzene rings is 1. The number of hydrogen-bond donors (Lipinski definition) is 2. The number of aryl methyl sites for hydroxylation is 1. The third-order valence-corrected chi connectivity index (χ3v) is 4.54. The Kier molecular flexibility index (Phi) is 5.85. The first-order valence-electron chi connectivity index (χ1n) is 7.23. The van der Waals surface area contributed by atoms with E-state index < -0.39 is 0 Å². The Balaban J connectivity index is 2.05. The molecule has 0 aliphatic rings. The van der Waals surface area contributed by atoms with Gasteiger partial charge in [0.05, 0.1) is 18.3 Å². The number of aromatic nitrogens is 2. The molecular formula is C16H23N3OS. The van der Waals surface area contributed by atoms with Crippen molar-refractivity contribution >= 4 is 11.8 Å². The monoisotopic (exact) mass is 305 g/mol. The van der Waals surface area contributed by atoms with Crippen LogP contribution in [0, 0.1) is 0 Å². The molecule has 0 spiro atoms. The maximum Gasteiger partial charge on any atom is 0.0677 e. The van der Waals surface area contributed by atoms with Crippen LogP contribution in [-0.2, 0) is 12.6 Å². The predicted molar refractivity (Wildman–Crippen MR) is 87.4 cm³/mol. The van der Waals surface area contributed by atoms with Gasteiger partial charge in [-0.3, -0.25) is 4.68 Å². The van der Waals surface area contributed by atoms with E-state index in [0.717, 1.165) is 29.2 Å². The molecule has 1 unspecified atom stereocenters. The zero-order valence-electron chi connectivity index (χ0n) is 12.6. The van der Waals surface area contributed by atoms with Gasteiger partial charge in [-0.1, -0.05) is 37.3 Å². The molecule has 0 radical (unpaired) electrons. The van der Waals surface area contributed by atoms with E-state index in [2.05, 4.69) is 29.5 Å². The fourth-order valence-electron chi connectivity index (χ4n) is 2.47. The number of likely N-dealkylation sites (N-methyl/N-ethyl adjacent to an activating group) is 1. The first-order chi connectivity index (χ1) is 10.2. The van der Waals surface area contributed by atoms with Crippen molar-refractivity contribution in [1.29, 1.82) is 0 Å². The van der Waals surface area contributed by atoms with Crippen LogP contribution >= 0.6 is 11.8 Å². The summed E-state index contributed by atoms with van der Waals surface area (Å²) in [6, 6.07) is 10.2. The van der Waals surface area contributed by atoms with E-state index in [4.69, 9.17) is 0 Å². The minimum Gasteiger partial charge on any atom is -0.394 e. The second kappa shape index (κ2) is 7.64. The summed E-state index contributed by atoms with van der Waals surface area (Å²) in [6.45, 7) is 2.99. The molecule has 4 nitrogen and oxygen atoms in total. The van der Waals surface area contributed by atoms with Crippen LogP contribution in [-0.4, -0.2) is 33.8 Å². The normalized spacial score (nSPS) is 14.0. The number of rotatable bonds is 8. The van der Waals surface area contributed by atoms with Gasteiger partial charge in [0.1, 0.15) is 0 Å². The largest absolute Gasteiger partial charge is 0.394 e. The lowest BCUT2D eigenvalue weighted by Crippen LogP contribution is -2.46. The van der Waals surface area contributed by atoms with Crippen LogP contribution in [0.3, 0.4) is 0 Å². The van der Waals surface area contributed by atoms with Gasteiger partial charge in [0.2, 0.25) is 0 Å². The molecule has 114 valence electrons. The predicted octanol–water partition coefficient (Wildman–Crippen LogP) is 2.40. The second-order valence-corrected chi connectivity index (χ2v) is 6.25. The number of aliphatic hydroxyl groups excluding tert-OH is 1. The maximum atomic E-state index is 9.97. The number of nitrogens with one attached hydrogen (secondary N) is 1. The molecule has 1 heterocycles. The average molecular weight is 305 g/mol. The summed E-state index contributed by atoms with van der Waals surface area (Å²) >= 11 is 1.77. The van der Waals surface area contributed by atoms with E-state index in [9.17, 15) is 5.11 Å². The summed E-state index contributed by atoms with van der Waals surface area (Å²) in [5, 5.41) is 17.6. The number of thioether (sulfide) groups is 1. The van der Waals surface area contributed by atoms with Gasteiger partial charge in [-0.25, -0.2) is 0 Å². The molecule has 1 aromatic heterocycles. The summed E-state index contributed by atoms with van der Waals surface area (Å²) in [5.74, 6) is 0.925. The van der Waals surface area contributed by atoms with Gasteiger partial charge in [-0.15, -0.1) is 11.8 Å². The topological polar surface area (TPSA) is 50.1 Å². The smallest absolute Gasteiger partial charge is 0.0677 e. The highest BCUT2D eigenvalue weighted by Crippen LogP contribution is 2.28. The molecule has 21 heavy (non-hydrogen) atoms. The van der Waals surface area contributed by atoms with Crippen LogP contribution in [0.15, 0.2) is 47.6 Å². The molecule has 2 rings (SSSR count).